The molecular formula is C40H41N5O7S. The smallest absolute Gasteiger partial charge is 0.334 e. The van der Waals surface area contributed by atoms with Gasteiger partial charge in [-0.2, -0.15) is 5.26 Å². The van der Waals surface area contributed by atoms with Gasteiger partial charge >= 0.3 is 5.97 Å². The lowest BCUT2D eigenvalue weighted by Gasteiger charge is -2.58. The molecule has 1 spiro atoms. The second-order valence-electron chi connectivity index (χ2n) is 15.5. The van der Waals surface area contributed by atoms with Crippen LogP contribution in [0, 0.1) is 25.2 Å². The fourth-order valence-electron chi connectivity index (χ4n) is 10.6. The maximum absolute atomic E-state index is 15.2. The molecule has 274 valence electrons. The molecule has 3 aromatic carbocycles. The summed E-state index contributed by atoms with van der Waals surface area (Å²) in [7, 11) is 3.58. The highest BCUT2D eigenvalue weighted by Crippen LogP contribution is 2.61. The molecule has 13 heteroatoms. The predicted molar refractivity (Wildman–Crippen MR) is 196 cm³/mol. The first-order valence-electron chi connectivity index (χ1n) is 18.1. The number of aromatic amines is 1. The largest absolute Gasteiger partial charge is 0.507 e. The lowest BCUT2D eigenvalue weighted by Crippen LogP contribution is -2.68. The third kappa shape index (κ3) is 4.10. The standard InChI is InChI=1S/C40H41N5O7S/c1-18-12-20-13-25-26(14-41)45-15-23-28(31(46)19(2)34-35(23)51-17-50-34)39(3)37(30(45)29(44(25)4)27(20)32(47)33(18)49-5)53-16-40(38(48)52-39)36-22(10-11-42-40)21-8-6-7-9-24(21)43-36/h6-9,12,25-26,29-30,37,42-43,46-47H,10-11,13,15-17H2,1-5H3/t25?,26-,29?,30?,37-,39?,40+/m0/s1. The number of benzene rings is 3. The number of esters is 1. The number of likely N-dealkylation sites (N-methyl/N-ethyl adjacent to an activating group) is 1. The van der Waals surface area contributed by atoms with Crippen LogP contribution in [0.25, 0.3) is 10.9 Å². The van der Waals surface area contributed by atoms with E-state index < -0.39 is 40.5 Å². The topological polar surface area (TPSA) is 153 Å². The summed E-state index contributed by atoms with van der Waals surface area (Å²) in [5, 5.41) is 39.5. The lowest BCUT2D eigenvalue weighted by molar-refractivity contribution is -0.169. The van der Waals surface area contributed by atoms with Crippen molar-refractivity contribution >= 4 is 28.6 Å². The van der Waals surface area contributed by atoms with Crippen LogP contribution in [0.2, 0.25) is 0 Å². The molecule has 0 amide bonds. The number of aryl methyl sites for hydroxylation is 1. The van der Waals surface area contributed by atoms with Gasteiger partial charge in [-0.25, -0.2) is 4.79 Å². The molecular weight excluding hydrogens is 695 g/mol. The van der Waals surface area contributed by atoms with E-state index in [1.807, 2.05) is 39.1 Å². The number of aromatic hydroxyl groups is 2. The van der Waals surface area contributed by atoms with Crippen molar-refractivity contribution in [3.63, 3.8) is 0 Å². The Balaban J connectivity index is 1.24. The van der Waals surface area contributed by atoms with Crippen molar-refractivity contribution in [3.05, 3.63) is 75.0 Å². The Kier molecular flexibility index (Phi) is 6.98. The fraction of sp³-hybridized carbons (Fsp3) is 0.450. The predicted octanol–water partition coefficient (Wildman–Crippen LogP) is 4.54. The minimum atomic E-state index is -1.43. The molecule has 10 rings (SSSR count). The van der Waals surface area contributed by atoms with Crippen LogP contribution in [-0.2, 0) is 40.1 Å². The van der Waals surface area contributed by atoms with Crippen LogP contribution in [0.5, 0.6) is 28.7 Å². The van der Waals surface area contributed by atoms with Crippen LogP contribution < -0.4 is 19.5 Å². The number of phenols is 2. The molecule has 2 saturated heterocycles. The van der Waals surface area contributed by atoms with E-state index in [-0.39, 0.29) is 30.9 Å². The average molecular weight is 736 g/mol. The van der Waals surface area contributed by atoms with E-state index in [0.717, 1.165) is 45.3 Å². The van der Waals surface area contributed by atoms with Crippen LogP contribution in [0.1, 0.15) is 57.6 Å². The number of nitriles is 1. The number of rotatable bonds is 1. The number of carbonyl (C=O) groups is 1. The highest BCUT2D eigenvalue weighted by atomic mass is 32.2. The molecule has 2 bridgehead atoms. The van der Waals surface area contributed by atoms with Gasteiger partial charge in [-0.1, -0.05) is 24.3 Å². The van der Waals surface area contributed by atoms with Gasteiger partial charge in [-0.15, -0.1) is 11.8 Å². The minimum absolute atomic E-state index is 0.0174. The number of H-pyrrole nitrogens is 1. The molecule has 4 aromatic rings. The van der Waals surface area contributed by atoms with Crippen LogP contribution in [0.3, 0.4) is 0 Å². The zero-order valence-corrected chi connectivity index (χ0v) is 31.0. The van der Waals surface area contributed by atoms with E-state index in [2.05, 4.69) is 38.3 Å². The summed E-state index contributed by atoms with van der Waals surface area (Å²) in [6.07, 6.45) is 1.30. The van der Waals surface area contributed by atoms with Crippen molar-refractivity contribution < 1.29 is 34.0 Å². The van der Waals surface area contributed by atoms with E-state index in [4.69, 9.17) is 18.9 Å². The number of aromatic nitrogens is 1. The highest BCUT2D eigenvalue weighted by molar-refractivity contribution is 8.00. The van der Waals surface area contributed by atoms with Crippen molar-refractivity contribution in [2.24, 2.45) is 0 Å². The molecule has 2 fully saturated rings. The molecule has 0 aliphatic carbocycles. The number of para-hydroxylation sites is 1. The van der Waals surface area contributed by atoms with Gasteiger partial charge in [0.2, 0.25) is 6.79 Å². The molecule has 4 N–H and O–H groups in total. The monoisotopic (exact) mass is 735 g/mol. The van der Waals surface area contributed by atoms with Gasteiger partial charge in [0.1, 0.15) is 11.8 Å². The second kappa shape index (κ2) is 11.2. The summed E-state index contributed by atoms with van der Waals surface area (Å²) >= 11 is 1.61. The number of thioether (sulfide) groups is 1. The van der Waals surface area contributed by atoms with Gasteiger partial charge in [-0.05, 0) is 63.4 Å². The molecule has 6 aliphatic heterocycles. The fourth-order valence-corrected chi connectivity index (χ4v) is 12.4. The van der Waals surface area contributed by atoms with E-state index in [1.165, 1.54) is 0 Å². The number of hydrogen-bond donors (Lipinski definition) is 4. The van der Waals surface area contributed by atoms with E-state index in [1.54, 1.807) is 25.8 Å². The number of methoxy groups -OCH3 is 1. The Morgan fingerprint density at radius 2 is 1.92 bits per heavy atom. The van der Waals surface area contributed by atoms with Gasteiger partial charge in [0.25, 0.3) is 0 Å². The molecule has 6 aliphatic rings. The molecule has 7 atom stereocenters. The first-order chi connectivity index (χ1) is 25.5. The zero-order chi connectivity index (χ0) is 36.7. The summed E-state index contributed by atoms with van der Waals surface area (Å²) in [6, 6.07) is 11.1. The van der Waals surface area contributed by atoms with Gasteiger partial charge in [-0.3, -0.25) is 15.1 Å². The number of nitrogens with zero attached hydrogens (tertiary/aromatic N) is 3. The second-order valence-corrected chi connectivity index (χ2v) is 16.6. The highest BCUT2D eigenvalue weighted by Gasteiger charge is 2.64. The Bertz CT molecular complexity index is 2320. The van der Waals surface area contributed by atoms with Crippen molar-refractivity contribution in [1.29, 1.82) is 5.26 Å². The Morgan fingerprint density at radius 1 is 1.13 bits per heavy atom. The van der Waals surface area contributed by atoms with Crippen molar-refractivity contribution in [2.45, 2.75) is 80.7 Å². The van der Waals surface area contributed by atoms with Crippen molar-refractivity contribution in [2.75, 3.05) is 33.2 Å². The van der Waals surface area contributed by atoms with Crippen molar-refractivity contribution in [1.82, 2.24) is 20.1 Å². The molecule has 0 saturated carbocycles. The Morgan fingerprint density at radius 3 is 2.72 bits per heavy atom. The van der Waals surface area contributed by atoms with Crippen LogP contribution in [-0.4, -0.2) is 87.6 Å². The minimum Gasteiger partial charge on any atom is -0.507 e. The van der Waals surface area contributed by atoms with E-state index in [0.29, 0.717) is 52.7 Å². The number of hydrogen-bond acceptors (Lipinski definition) is 12. The normalized spacial score (nSPS) is 31.3. The summed E-state index contributed by atoms with van der Waals surface area (Å²) in [6.45, 7) is 6.39. The molecule has 53 heavy (non-hydrogen) atoms. The first kappa shape index (κ1) is 33.0. The van der Waals surface area contributed by atoms with Gasteiger partial charge in [0, 0.05) is 64.1 Å². The summed E-state index contributed by atoms with van der Waals surface area (Å²) in [5.41, 5.74) is 4.32. The maximum Gasteiger partial charge on any atom is 0.334 e. The van der Waals surface area contributed by atoms with Gasteiger partial charge < -0.3 is 34.1 Å². The molecule has 12 nitrogen and oxygen atoms in total. The third-order valence-corrected chi connectivity index (χ3v) is 14.7. The molecule has 4 unspecified atom stereocenters. The average Bonchev–Trinajstić information content (AvgIpc) is 3.74. The number of nitrogens with one attached hydrogen (secondary N) is 2. The number of carbonyl (C=O) groups excluding carboxylic acids is 1. The maximum atomic E-state index is 15.2. The zero-order valence-electron chi connectivity index (χ0n) is 30.2. The van der Waals surface area contributed by atoms with Crippen LogP contribution in [0.15, 0.2) is 30.3 Å². The van der Waals surface area contributed by atoms with Gasteiger partial charge in [0.05, 0.1) is 30.2 Å². The number of ether oxygens (including phenoxy) is 4. The Labute approximate surface area is 310 Å². The third-order valence-electron chi connectivity index (χ3n) is 13.0. The summed E-state index contributed by atoms with van der Waals surface area (Å²) < 4.78 is 24.9. The number of piperazine rings is 1. The summed E-state index contributed by atoms with van der Waals surface area (Å²) in [4.78, 5) is 23.2. The lowest BCUT2D eigenvalue weighted by atomic mass is 9.74. The van der Waals surface area contributed by atoms with E-state index >= 15 is 4.79 Å². The van der Waals surface area contributed by atoms with Crippen LogP contribution >= 0.6 is 11.8 Å². The first-order valence-corrected chi connectivity index (χ1v) is 19.2. The number of phenolic OH excluding ortho intramolecular Hbond substituents is 2. The van der Waals surface area contributed by atoms with E-state index in [9.17, 15) is 15.5 Å². The van der Waals surface area contributed by atoms with Crippen molar-refractivity contribution in [3.8, 4) is 34.8 Å². The van der Waals surface area contributed by atoms with Crippen LogP contribution in [0.4, 0.5) is 0 Å². The summed E-state index contributed by atoms with van der Waals surface area (Å²) in [5.74, 6) is 1.30. The quantitative estimate of drug-likeness (QED) is 0.203. The Hall–Kier alpha value is -4.61. The van der Waals surface area contributed by atoms with Gasteiger partial charge in [0.15, 0.2) is 34.1 Å². The molecule has 7 heterocycles. The SMILES string of the molecule is COc1c(C)cc2c(c1O)C1C3[C@@H]4SC[C@]5(NCCc6c5[nH]c5ccccc65)C(=O)OC4(C)c4c(O)c(C)c5c(c4CN3[C@@H](C#N)C(C2)N1C)OCO5. The molecule has 1 aromatic heterocycles. The number of fused-ring (bicyclic) bond motifs is 16. The molecule has 0 radical (unpaired) electrons.